The molecule has 0 saturated heterocycles. The van der Waals surface area contributed by atoms with Crippen LogP contribution in [0.25, 0.3) is 0 Å². The number of ether oxygens (including phenoxy) is 3. The minimum Gasteiger partial charge on any atom is -0.496 e. The van der Waals surface area contributed by atoms with E-state index in [4.69, 9.17) is 25.8 Å². The summed E-state index contributed by atoms with van der Waals surface area (Å²) in [4.78, 5) is 13.1. The lowest BCUT2D eigenvalue weighted by molar-refractivity contribution is -0.120. The summed E-state index contributed by atoms with van der Waals surface area (Å²) in [5.74, 6) is 0.630. The fraction of sp³-hybridized carbons (Fsp3) is 0.269. The Bertz CT molecular complexity index is 1350. The van der Waals surface area contributed by atoms with E-state index in [1.54, 1.807) is 45.2 Å². The average molecular weight is 533 g/mol. The van der Waals surface area contributed by atoms with Gasteiger partial charge in [0.05, 0.1) is 38.1 Å². The van der Waals surface area contributed by atoms with Crippen LogP contribution in [0.15, 0.2) is 65.6 Å². The molecule has 0 heterocycles. The van der Waals surface area contributed by atoms with Crippen LogP contribution < -0.4 is 23.8 Å². The average Bonchev–Trinajstić information content (AvgIpc) is 2.87. The van der Waals surface area contributed by atoms with Crippen molar-refractivity contribution < 1.29 is 27.4 Å². The van der Waals surface area contributed by atoms with E-state index in [0.717, 1.165) is 15.4 Å². The number of amides is 1. The number of hydrogen-bond donors (Lipinski definition) is 1. The molecule has 192 valence electrons. The van der Waals surface area contributed by atoms with Gasteiger partial charge in [0, 0.05) is 5.56 Å². The first-order valence-corrected chi connectivity index (χ1v) is 12.9. The molecular weight excluding hydrogens is 504 g/mol. The number of carbonyl (C=O) groups excluding carboxylic acids is 1. The predicted molar refractivity (Wildman–Crippen MR) is 140 cm³/mol. The lowest BCUT2D eigenvalue weighted by Gasteiger charge is -2.26. The Balaban J connectivity index is 2.02. The molecule has 0 unspecified atom stereocenters. The van der Waals surface area contributed by atoms with Gasteiger partial charge in [0.2, 0.25) is 5.91 Å². The van der Waals surface area contributed by atoms with Gasteiger partial charge in [-0.3, -0.25) is 9.10 Å². The first-order chi connectivity index (χ1) is 17.1. The molecule has 0 aromatic heterocycles. The van der Waals surface area contributed by atoms with Crippen LogP contribution >= 0.6 is 11.6 Å². The van der Waals surface area contributed by atoms with Gasteiger partial charge < -0.3 is 19.5 Å². The monoisotopic (exact) mass is 532 g/mol. The lowest BCUT2D eigenvalue weighted by Crippen LogP contribution is -2.41. The molecule has 0 aliphatic carbocycles. The van der Waals surface area contributed by atoms with Crippen molar-refractivity contribution >= 4 is 33.2 Å². The first kappa shape index (κ1) is 27.2. The van der Waals surface area contributed by atoms with Crippen LogP contribution in [0, 0.1) is 6.92 Å². The number of carbonyl (C=O) groups is 1. The minimum atomic E-state index is -4.24. The quantitative estimate of drug-likeness (QED) is 0.405. The van der Waals surface area contributed by atoms with Gasteiger partial charge in [0.25, 0.3) is 10.0 Å². The summed E-state index contributed by atoms with van der Waals surface area (Å²) < 4.78 is 44.7. The van der Waals surface area contributed by atoms with Crippen molar-refractivity contribution in [2.45, 2.75) is 24.8 Å². The van der Waals surface area contributed by atoms with Gasteiger partial charge in [-0.05, 0) is 55.8 Å². The number of methoxy groups -OCH3 is 3. The van der Waals surface area contributed by atoms with Crippen LogP contribution in [0.1, 0.15) is 24.1 Å². The fourth-order valence-electron chi connectivity index (χ4n) is 3.75. The van der Waals surface area contributed by atoms with Gasteiger partial charge >= 0.3 is 0 Å². The lowest BCUT2D eigenvalue weighted by atomic mass is 10.1. The summed E-state index contributed by atoms with van der Waals surface area (Å²) in [5, 5.41) is 3.06. The molecule has 0 bridgehead atoms. The number of halogens is 1. The molecule has 0 radical (unpaired) electrons. The van der Waals surface area contributed by atoms with Crippen molar-refractivity contribution in [3.63, 3.8) is 0 Å². The summed E-state index contributed by atoms with van der Waals surface area (Å²) in [7, 11) is 0.152. The number of aryl methyl sites for hydroxylation is 1. The number of para-hydroxylation sites is 1. The van der Waals surface area contributed by atoms with Gasteiger partial charge in [-0.1, -0.05) is 35.9 Å². The number of anilines is 1. The van der Waals surface area contributed by atoms with Crippen molar-refractivity contribution in [1.29, 1.82) is 0 Å². The second kappa shape index (κ2) is 11.5. The molecule has 0 saturated carbocycles. The Morgan fingerprint density at radius 1 is 0.944 bits per heavy atom. The number of nitrogens with zero attached hydrogens (tertiary/aromatic N) is 1. The molecule has 0 spiro atoms. The largest absolute Gasteiger partial charge is 0.496 e. The normalized spacial score (nSPS) is 11.9. The molecule has 0 fully saturated rings. The first-order valence-electron chi connectivity index (χ1n) is 11.1. The van der Waals surface area contributed by atoms with Crippen LogP contribution in [-0.4, -0.2) is 42.2 Å². The molecule has 0 aliphatic rings. The third-order valence-electron chi connectivity index (χ3n) is 5.58. The van der Waals surface area contributed by atoms with Gasteiger partial charge in [0.15, 0.2) is 0 Å². The highest BCUT2D eigenvalue weighted by Gasteiger charge is 2.31. The highest BCUT2D eigenvalue weighted by atomic mass is 35.5. The smallest absolute Gasteiger partial charge is 0.268 e. The van der Waals surface area contributed by atoms with Crippen molar-refractivity contribution in [3.8, 4) is 17.2 Å². The van der Waals surface area contributed by atoms with E-state index in [1.807, 2.05) is 18.2 Å². The summed E-state index contributed by atoms with van der Waals surface area (Å²) in [6.45, 7) is 3.07. The van der Waals surface area contributed by atoms with E-state index in [9.17, 15) is 13.2 Å². The maximum atomic E-state index is 13.9. The highest BCUT2D eigenvalue weighted by Crippen LogP contribution is 2.34. The fourth-order valence-corrected chi connectivity index (χ4v) is 5.66. The second-order valence-electron chi connectivity index (χ2n) is 8.02. The molecule has 1 atom stereocenters. The van der Waals surface area contributed by atoms with E-state index in [-0.39, 0.29) is 21.4 Å². The summed E-state index contributed by atoms with van der Waals surface area (Å²) >= 11 is 6.30. The molecule has 1 N–H and O–H groups in total. The maximum Gasteiger partial charge on any atom is 0.268 e. The minimum absolute atomic E-state index is 0.0671. The van der Waals surface area contributed by atoms with Crippen molar-refractivity contribution in [3.05, 3.63) is 76.8 Å². The van der Waals surface area contributed by atoms with Crippen LogP contribution in [-0.2, 0) is 14.8 Å². The van der Waals surface area contributed by atoms with Crippen LogP contribution in [0.2, 0.25) is 5.02 Å². The van der Waals surface area contributed by atoms with Crippen molar-refractivity contribution in [2.75, 3.05) is 32.2 Å². The number of rotatable bonds is 10. The number of sulfonamides is 1. The highest BCUT2D eigenvalue weighted by molar-refractivity contribution is 7.93. The molecule has 3 rings (SSSR count). The van der Waals surface area contributed by atoms with Gasteiger partial charge in [-0.2, -0.15) is 0 Å². The Kier molecular flexibility index (Phi) is 8.70. The Hall–Kier alpha value is -3.43. The van der Waals surface area contributed by atoms with Gasteiger partial charge in [-0.15, -0.1) is 0 Å². The SMILES string of the molecule is COc1ccc(N(CC(=O)N[C@@H](C)c2ccccc2OC)S(=O)(=O)c2cc(C)ccc2OC)cc1Cl. The third-order valence-corrected chi connectivity index (χ3v) is 7.67. The Morgan fingerprint density at radius 2 is 1.58 bits per heavy atom. The molecule has 1 amide bonds. The second-order valence-corrected chi connectivity index (χ2v) is 10.3. The van der Waals surface area contributed by atoms with E-state index < -0.39 is 28.5 Å². The number of nitrogens with one attached hydrogen (secondary N) is 1. The number of benzene rings is 3. The zero-order valence-corrected chi connectivity index (χ0v) is 22.3. The molecular formula is C26H29ClN2O6S. The third kappa shape index (κ3) is 5.85. The van der Waals surface area contributed by atoms with Crippen molar-refractivity contribution in [1.82, 2.24) is 5.32 Å². The molecule has 3 aromatic rings. The summed E-state index contributed by atoms with van der Waals surface area (Å²) in [6, 6.07) is 16.2. The molecule has 0 aliphatic heterocycles. The number of hydrogen-bond acceptors (Lipinski definition) is 6. The zero-order valence-electron chi connectivity index (χ0n) is 20.7. The topological polar surface area (TPSA) is 94.2 Å². The van der Waals surface area contributed by atoms with E-state index in [0.29, 0.717) is 11.5 Å². The molecule has 36 heavy (non-hydrogen) atoms. The summed E-state index contributed by atoms with van der Waals surface area (Å²) in [5.41, 5.74) is 1.68. The van der Waals surface area contributed by atoms with Gasteiger partial charge in [-0.25, -0.2) is 8.42 Å². The van der Waals surface area contributed by atoms with Crippen LogP contribution in [0.3, 0.4) is 0 Å². The van der Waals surface area contributed by atoms with Gasteiger partial charge in [0.1, 0.15) is 28.7 Å². The van der Waals surface area contributed by atoms with E-state index in [2.05, 4.69) is 5.32 Å². The summed E-state index contributed by atoms with van der Waals surface area (Å²) in [6.07, 6.45) is 0. The van der Waals surface area contributed by atoms with E-state index >= 15 is 0 Å². The van der Waals surface area contributed by atoms with Crippen LogP contribution in [0.4, 0.5) is 5.69 Å². The predicted octanol–water partition coefficient (Wildman–Crippen LogP) is 4.75. The molecule has 10 heteroatoms. The van der Waals surface area contributed by atoms with Crippen LogP contribution in [0.5, 0.6) is 17.2 Å². The maximum absolute atomic E-state index is 13.9. The molecule has 3 aromatic carbocycles. The zero-order chi connectivity index (χ0) is 26.5. The Morgan fingerprint density at radius 3 is 2.22 bits per heavy atom. The van der Waals surface area contributed by atoms with Crippen molar-refractivity contribution in [2.24, 2.45) is 0 Å². The van der Waals surface area contributed by atoms with E-state index in [1.165, 1.54) is 32.4 Å². The standard InChI is InChI=1S/C26H29ClN2O6S/c1-17-10-12-24(35-5)25(14-17)36(31,32)29(19-11-13-23(34-4)21(27)15-19)16-26(30)28-18(2)20-8-6-7-9-22(20)33-3/h6-15,18H,16H2,1-5H3,(H,28,30)/t18-/m0/s1. The molecule has 8 nitrogen and oxygen atoms in total. The Labute approximate surface area is 216 Å².